The van der Waals surface area contributed by atoms with Crippen LogP contribution >= 0.6 is 0 Å². The van der Waals surface area contributed by atoms with Crippen molar-refractivity contribution in [2.75, 3.05) is 33.0 Å². The number of ketones is 2. The van der Waals surface area contributed by atoms with E-state index in [4.69, 9.17) is 14.6 Å². The number of hydrogen-bond donors (Lipinski definition) is 1. The molecule has 0 aromatic carbocycles. The molecular weight excluding hydrogens is 380 g/mol. The monoisotopic (exact) mass is 420 g/mol. The maximum atomic E-state index is 12.4. The van der Waals surface area contributed by atoms with Crippen molar-refractivity contribution in [1.82, 2.24) is 0 Å². The Hall–Kier alpha value is -1.04. The number of hydrogen-bond acceptors (Lipinski definition) is 5. The topological polar surface area (TPSA) is 72.8 Å². The first-order valence-corrected chi connectivity index (χ1v) is 11.9. The third kappa shape index (κ3) is 4.58. The third-order valence-electron chi connectivity index (χ3n) is 8.48. The molecule has 170 valence electrons. The highest BCUT2D eigenvalue weighted by Gasteiger charge is 2.58. The number of aliphatic hydroxyl groups excluding tert-OH is 1. The van der Waals surface area contributed by atoms with Crippen LogP contribution in [0.5, 0.6) is 0 Å². The fourth-order valence-corrected chi connectivity index (χ4v) is 6.76. The van der Waals surface area contributed by atoms with Crippen molar-refractivity contribution in [3.63, 3.8) is 0 Å². The van der Waals surface area contributed by atoms with E-state index in [1.165, 1.54) is 18.4 Å². The highest BCUT2D eigenvalue weighted by Crippen LogP contribution is 2.64. The summed E-state index contributed by atoms with van der Waals surface area (Å²) in [7, 11) is 0. The van der Waals surface area contributed by atoms with E-state index in [1.54, 1.807) is 0 Å². The fraction of sp³-hybridized carbons (Fsp3) is 0.840. The van der Waals surface area contributed by atoms with E-state index >= 15 is 0 Å². The average Bonchev–Trinajstić information content (AvgIpc) is 3.04. The molecule has 3 fully saturated rings. The lowest BCUT2D eigenvalue weighted by atomic mass is 9.47. The first-order valence-electron chi connectivity index (χ1n) is 11.9. The zero-order chi connectivity index (χ0) is 21.8. The minimum absolute atomic E-state index is 0.0246. The Labute approximate surface area is 181 Å². The van der Waals surface area contributed by atoms with Gasteiger partial charge in [0, 0.05) is 24.9 Å². The largest absolute Gasteiger partial charge is 0.394 e. The predicted octanol–water partition coefficient (Wildman–Crippen LogP) is 4.12. The molecular formula is C25H40O5. The van der Waals surface area contributed by atoms with Crippen LogP contribution in [0.1, 0.15) is 72.1 Å². The first-order chi connectivity index (χ1) is 14.4. The fourth-order valence-electron chi connectivity index (χ4n) is 6.76. The Kier molecular flexibility index (Phi) is 7.92. The minimum atomic E-state index is -0.0246. The molecule has 0 heterocycles. The van der Waals surface area contributed by atoms with Crippen LogP contribution in [0.3, 0.4) is 0 Å². The molecule has 0 radical (unpaired) electrons. The van der Waals surface area contributed by atoms with E-state index in [-0.39, 0.29) is 17.4 Å². The third-order valence-corrected chi connectivity index (χ3v) is 8.48. The Bertz CT molecular complexity index is 650. The second-order valence-corrected chi connectivity index (χ2v) is 9.92. The zero-order valence-electron chi connectivity index (χ0n) is 19.1. The van der Waals surface area contributed by atoms with Crippen LogP contribution in [0, 0.1) is 28.6 Å². The molecule has 0 aromatic rings. The molecule has 30 heavy (non-hydrogen) atoms. The van der Waals surface area contributed by atoms with Crippen LogP contribution in [-0.2, 0) is 19.1 Å². The van der Waals surface area contributed by atoms with Crippen LogP contribution in [-0.4, -0.2) is 49.7 Å². The molecule has 4 rings (SSSR count). The van der Waals surface area contributed by atoms with Crippen LogP contribution in [0.2, 0.25) is 0 Å². The van der Waals surface area contributed by atoms with E-state index in [2.05, 4.69) is 13.8 Å². The predicted molar refractivity (Wildman–Crippen MR) is 116 cm³/mol. The maximum absolute atomic E-state index is 12.4. The average molecular weight is 421 g/mol. The van der Waals surface area contributed by atoms with Crippen LogP contribution < -0.4 is 0 Å². The number of carbonyl (C=O) groups is 2. The van der Waals surface area contributed by atoms with Gasteiger partial charge in [-0.1, -0.05) is 19.4 Å². The molecule has 5 atom stereocenters. The lowest BCUT2D eigenvalue weighted by molar-refractivity contribution is -0.132. The molecule has 0 saturated heterocycles. The number of aliphatic hydroxyl groups is 1. The van der Waals surface area contributed by atoms with E-state index in [0.717, 1.165) is 45.1 Å². The minimum Gasteiger partial charge on any atom is -0.394 e. The van der Waals surface area contributed by atoms with Crippen LogP contribution in [0.15, 0.2) is 11.6 Å². The van der Waals surface area contributed by atoms with Crippen molar-refractivity contribution in [3.8, 4) is 0 Å². The number of ether oxygens (including phenoxy) is 2. The van der Waals surface area contributed by atoms with Gasteiger partial charge in [0.15, 0.2) is 5.78 Å². The number of allylic oxidation sites excluding steroid dienone is 1. The summed E-state index contributed by atoms with van der Waals surface area (Å²) >= 11 is 0. The Morgan fingerprint density at radius 2 is 1.67 bits per heavy atom. The molecule has 5 heteroatoms. The van der Waals surface area contributed by atoms with Gasteiger partial charge in [-0.05, 0) is 74.7 Å². The lowest BCUT2D eigenvalue weighted by Crippen LogP contribution is -2.50. The highest BCUT2D eigenvalue weighted by atomic mass is 16.5. The van der Waals surface area contributed by atoms with Gasteiger partial charge in [-0.25, -0.2) is 0 Å². The highest BCUT2D eigenvalue weighted by molar-refractivity contribution is 5.91. The molecule has 4 aliphatic rings. The first kappa shape index (κ1) is 23.6. The SMILES string of the molecule is CCOCCOCCO.C[C@]12CCC(=O)C=C1CC[C@@H]1[C@@H]2CC[C@]2(C)C(=O)CC[C@@H]12. The van der Waals surface area contributed by atoms with E-state index in [1.807, 2.05) is 13.0 Å². The Morgan fingerprint density at radius 3 is 2.40 bits per heavy atom. The number of Topliss-reactive ketones (excluding diaryl/α,β-unsaturated/α-hetero) is 1. The molecule has 0 spiro atoms. The summed E-state index contributed by atoms with van der Waals surface area (Å²) in [5.74, 6) is 2.88. The van der Waals surface area contributed by atoms with Gasteiger partial charge in [0.25, 0.3) is 0 Å². The van der Waals surface area contributed by atoms with E-state index < -0.39 is 0 Å². The van der Waals surface area contributed by atoms with E-state index in [9.17, 15) is 9.59 Å². The smallest absolute Gasteiger partial charge is 0.155 e. The zero-order valence-corrected chi connectivity index (χ0v) is 19.1. The van der Waals surface area contributed by atoms with Gasteiger partial charge in [0.1, 0.15) is 5.78 Å². The molecule has 5 nitrogen and oxygen atoms in total. The van der Waals surface area contributed by atoms with Gasteiger partial charge in [0.2, 0.25) is 0 Å². The van der Waals surface area contributed by atoms with Crippen molar-refractivity contribution in [3.05, 3.63) is 11.6 Å². The molecule has 0 unspecified atom stereocenters. The number of carbonyl (C=O) groups excluding carboxylic acids is 2. The quantitative estimate of drug-likeness (QED) is 0.655. The van der Waals surface area contributed by atoms with Gasteiger partial charge in [0.05, 0.1) is 26.4 Å². The molecule has 1 N–H and O–H groups in total. The van der Waals surface area contributed by atoms with Crippen molar-refractivity contribution >= 4 is 11.6 Å². The molecule has 3 saturated carbocycles. The second-order valence-electron chi connectivity index (χ2n) is 9.92. The van der Waals surface area contributed by atoms with Crippen molar-refractivity contribution in [2.24, 2.45) is 28.6 Å². The summed E-state index contributed by atoms with van der Waals surface area (Å²) in [5, 5.41) is 8.26. The van der Waals surface area contributed by atoms with Gasteiger partial charge < -0.3 is 14.6 Å². The second kappa shape index (κ2) is 10.1. The summed E-state index contributed by atoms with van der Waals surface area (Å²) in [6.45, 7) is 9.00. The van der Waals surface area contributed by atoms with E-state index in [0.29, 0.717) is 49.1 Å². The lowest BCUT2D eigenvalue weighted by Gasteiger charge is -2.56. The summed E-state index contributed by atoms with van der Waals surface area (Å²) in [6.07, 6.45) is 10.2. The molecule has 0 amide bonds. The van der Waals surface area contributed by atoms with Gasteiger partial charge in [-0.3, -0.25) is 9.59 Å². The van der Waals surface area contributed by atoms with Crippen molar-refractivity contribution < 1.29 is 24.2 Å². The Balaban J connectivity index is 0.000000244. The molecule has 0 aliphatic heterocycles. The number of fused-ring (bicyclic) bond motifs is 5. The molecule has 0 aromatic heterocycles. The summed E-state index contributed by atoms with van der Waals surface area (Å²) < 4.78 is 9.88. The normalized spacial score (nSPS) is 37.5. The Morgan fingerprint density at radius 1 is 0.933 bits per heavy atom. The van der Waals surface area contributed by atoms with Crippen molar-refractivity contribution in [2.45, 2.75) is 72.1 Å². The maximum Gasteiger partial charge on any atom is 0.155 e. The van der Waals surface area contributed by atoms with Gasteiger partial charge in [-0.2, -0.15) is 0 Å². The van der Waals surface area contributed by atoms with Crippen LogP contribution in [0.4, 0.5) is 0 Å². The summed E-state index contributed by atoms with van der Waals surface area (Å²) in [5.41, 5.74) is 1.64. The van der Waals surface area contributed by atoms with Crippen LogP contribution in [0.25, 0.3) is 0 Å². The van der Waals surface area contributed by atoms with Gasteiger partial charge >= 0.3 is 0 Å². The summed E-state index contributed by atoms with van der Waals surface area (Å²) in [6, 6.07) is 0. The van der Waals surface area contributed by atoms with Gasteiger partial charge in [-0.15, -0.1) is 0 Å². The number of rotatable bonds is 6. The molecule has 0 bridgehead atoms. The summed E-state index contributed by atoms with van der Waals surface area (Å²) in [4.78, 5) is 24.1. The molecule has 4 aliphatic carbocycles. The van der Waals surface area contributed by atoms with Crippen molar-refractivity contribution in [1.29, 1.82) is 0 Å². The standard InChI is InChI=1S/C19H26O2.C6H14O3/c1-18-9-7-13(20)11-12(18)3-4-14-15-5-6-17(21)19(15,2)10-8-16(14)18;1-2-8-5-6-9-4-3-7/h11,14-16H,3-10H2,1-2H3;7H,2-6H2,1H3/t14-,15-,16-,18-,19-;/m0./s1.